The molecule has 0 bridgehead atoms. The molecule has 0 aliphatic heterocycles. The fraction of sp³-hybridized carbons (Fsp3) is 1.00. The molecule has 13 heavy (non-hydrogen) atoms. The topological polar surface area (TPSA) is 23.5 Å². The monoisotopic (exact) mass is 187 g/mol. The molecule has 0 fully saturated rings. The minimum absolute atomic E-state index is 0.0312. The molecule has 0 aromatic rings. The number of rotatable bonds is 1. The Hall–Kier alpha value is -0.0800. The second kappa shape index (κ2) is 3.25. The van der Waals surface area contributed by atoms with Crippen LogP contribution in [0, 0.1) is 0 Å². The minimum atomic E-state index is -0.781. The lowest BCUT2D eigenvalue weighted by Gasteiger charge is -2.52. The van der Waals surface area contributed by atoms with Gasteiger partial charge in [-0.2, -0.15) is 0 Å². The Labute approximate surface area is 82.9 Å². The van der Waals surface area contributed by atoms with Crippen molar-refractivity contribution < 1.29 is 5.11 Å². The molecule has 0 aliphatic rings. The van der Waals surface area contributed by atoms with Gasteiger partial charge in [0, 0.05) is 11.1 Å². The summed E-state index contributed by atoms with van der Waals surface area (Å²) in [6.45, 7) is 16.4. The van der Waals surface area contributed by atoms with Crippen LogP contribution in [0.25, 0.3) is 0 Å². The van der Waals surface area contributed by atoms with Gasteiger partial charge in [-0.05, 0) is 55.4 Å². The molecule has 0 radical (unpaired) electrons. The second-order valence-electron chi connectivity index (χ2n) is 6.17. The summed E-state index contributed by atoms with van der Waals surface area (Å²) in [4.78, 5) is 2.12. The van der Waals surface area contributed by atoms with Crippen molar-refractivity contribution in [1.29, 1.82) is 0 Å². The second-order valence-corrected chi connectivity index (χ2v) is 6.17. The van der Waals surface area contributed by atoms with Gasteiger partial charge in [-0.25, -0.2) is 0 Å². The molecule has 80 valence electrons. The van der Waals surface area contributed by atoms with Crippen LogP contribution in [0.15, 0.2) is 0 Å². The summed E-state index contributed by atoms with van der Waals surface area (Å²) < 4.78 is 0. The molecule has 0 aromatic carbocycles. The highest BCUT2D eigenvalue weighted by atomic mass is 16.3. The van der Waals surface area contributed by atoms with Crippen LogP contribution in [0.5, 0.6) is 0 Å². The van der Waals surface area contributed by atoms with E-state index in [1.165, 1.54) is 0 Å². The number of hydrogen-bond donors (Lipinski definition) is 1. The average Bonchev–Trinajstić information content (AvgIpc) is 1.44. The molecule has 0 saturated carbocycles. The van der Waals surface area contributed by atoms with E-state index in [0.717, 1.165) is 0 Å². The molecule has 0 heterocycles. The first-order valence-corrected chi connectivity index (χ1v) is 4.89. The van der Waals surface area contributed by atoms with Crippen molar-refractivity contribution in [2.75, 3.05) is 0 Å². The van der Waals surface area contributed by atoms with E-state index in [2.05, 4.69) is 46.4 Å². The van der Waals surface area contributed by atoms with Crippen LogP contribution in [0.1, 0.15) is 55.4 Å². The number of hydrogen-bond acceptors (Lipinski definition) is 2. The van der Waals surface area contributed by atoms with E-state index in [0.29, 0.717) is 0 Å². The molecule has 0 aromatic heterocycles. The highest BCUT2D eigenvalue weighted by Crippen LogP contribution is 2.31. The van der Waals surface area contributed by atoms with Gasteiger partial charge in [0.25, 0.3) is 0 Å². The first kappa shape index (κ1) is 12.9. The maximum absolute atomic E-state index is 10.1. The predicted molar refractivity (Wildman–Crippen MR) is 57.6 cm³/mol. The summed E-state index contributed by atoms with van der Waals surface area (Å²) in [6.07, 6.45) is 0. The molecule has 0 aliphatic carbocycles. The molecule has 0 rings (SSSR count). The van der Waals surface area contributed by atoms with Crippen molar-refractivity contribution in [3.63, 3.8) is 0 Å². The Bertz CT molecular complexity index is 133. The van der Waals surface area contributed by atoms with Crippen LogP contribution in [0.4, 0.5) is 0 Å². The van der Waals surface area contributed by atoms with E-state index in [4.69, 9.17) is 0 Å². The Morgan fingerprint density at radius 2 is 0.923 bits per heavy atom. The maximum Gasteiger partial charge on any atom is 0.113 e. The molecule has 0 amide bonds. The number of nitrogens with zero attached hydrogens (tertiary/aromatic N) is 1. The van der Waals surface area contributed by atoms with Crippen molar-refractivity contribution >= 4 is 0 Å². The fourth-order valence-corrected chi connectivity index (χ4v) is 2.65. The molecular weight excluding hydrogens is 162 g/mol. The van der Waals surface area contributed by atoms with E-state index >= 15 is 0 Å². The molecular formula is C11H25NO. The highest BCUT2D eigenvalue weighted by molar-refractivity contribution is 4.91. The predicted octanol–water partition coefficient (Wildman–Crippen LogP) is 2.61. The normalized spacial score (nSPS) is 15.2. The molecule has 2 heteroatoms. The standard InChI is InChI=1S/C11H25NO/c1-9(2,3)12(10(4,5)6)11(7,8)13/h13H,1-8H3. The Morgan fingerprint density at radius 1 is 0.692 bits per heavy atom. The smallest absolute Gasteiger partial charge is 0.113 e. The van der Waals surface area contributed by atoms with E-state index in [1.807, 2.05) is 13.8 Å². The molecule has 2 nitrogen and oxygen atoms in total. The van der Waals surface area contributed by atoms with Crippen LogP contribution in [-0.4, -0.2) is 26.8 Å². The van der Waals surface area contributed by atoms with Gasteiger partial charge in [0.1, 0.15) is 5.72 Å². The fourth-order valence-electron chi connectivity index (χ4n) is 2.65. The Kier molecular flexibility index (Phi) is 3.23. The Morgan fingerprint density at radius 3 is 0.923 bits per heavy atom. The van der Waals surface area contributed by atoms with Crippen molar-refractivity contribution in [3.8, 4) is 0 Å². The number of aliphatic hydroxyl groups is 1. The Balaban J connectivity index is 5.02. The molecule has 0 atom stereocenters. The molecule has 0 saturated heterocycles. The molecule has 1 N–H and O–H groups in total. The van der Waals surface area contributed by atoms with E-state index < -0.39 is 5.72 Å². The van der Waals surface area contributed by atoms with Gasteiger partial charge in [-0.3, -0.25) is 4.90 Å². The summed E-state index contributed by atoms with van der Waals surface area (Å²) in [6, 6.07) is 0. The zero-order valence-electron chi connectivity index (χ0n) is 10.4. The summed E-state index contributed by atoms with van der Waals surface area (Å²) in [5, 5.41) is 10.1. The van der Waals surface area contributed by atoms with Gasteiger partial charge < -0.3 is 5.11 Å². The van der Waals surface area contributed by atoms with Gasteiger partial charge in [-0.15, -0.1) is 0 Å². The van der Waals surface area contributed by atoms with Crippen LogP contribution in [-0.2, 0) is 0 Å². The van der Waals surface area contributed by atoms with Gasteiger partial charge in [0.15, 0.2) is 0 Å². The SMILES string of the molecule is CC(C)(C)N(C(C)(C)C)C(C)(C)O. The maximum atomic E-state index is 10.1. The van der Waals surface area contributed by atoms with Crippen LogP contribution in [0.3, 0.4) is 0 Å². The summed E-state index contributed by atoms with van der Waals surface area (Å²) in [5.41, 5.74) is -0.844. The lowest BCUT2D eigenvalue weighted by molar-refractivity contribution is -0.165. The lowest BCUT2D eigenvalue weighted by Crippen LogP contribution is -2.62. The van der Waals surface area contributed by atoms with Gasteiger partial charge in [0.05, 0.1) is 0 Å². The lowest BCUT2D eigenvalue weighted by atomic mass is 9.92. The van der Waals surface area contributed by atoms with Crippen molar-refractivity contribution in [3.05, 3.63) is 0 Å². The third-order valence-electron chi connectivity index (χ3n) is 1.89. The third kappa shape index (κ3) is 3.65. The zero-order valence-corrected chi connectivity index (χ0v) is 10.4. The van der Waals surface area contributed by atoms with Gasteiger partial charge in [-0.1, -0.05) is 0 Å². The quantitative estimate of drug-likeness (QED) is 0.638. The van der Waals surface area contributed by atoms with Crippen LogP contribution < -0.4 is 0 Å². The van der Waals surface area contributed by atoms with Crippen LogP contribution >= 0.6 is 0 Å². The zero-order chi connectivity index (χ0) is 11.1. The highest BCUT2D eigenvalue weighted by Gasteiger charge is 2.40. The average molecular weight is 187 g/mol. The van der Waals surface area contributed by atoms with Crippen LogP contribution in [0.2, 0.25) is 0 Å². The van der Waals surface area contributed by atoms with Crippen molar-refractivity contribution in [2.45, 2.75) is 72.2 Å². The largest absolute Gasteiger partial charge is 0.376 e. The van der Waals surface area contributed by atoms with E-state index in [-0.39, 0.29) is 11.1 Å². The van der Waals surface area contributed by atoms with Gasteiger partial charge in [0.2, 0.25) is 0 Å². The third-order valence-corrected chi connectivity index (χ3v) is 1.89. The summed E-state index contributed by atoms with van der Waals surface area (Å²) in [7, 11) is 0. The molecule has 0 spiro atoms. The first-order chi connectivity index (χ1) is 5.37. The summed E-state index contributed by atoms with van der Waals surface area (Å²) in [5.74, 6) is 0. The van der Waals surface area contributed by atoms with Gasteiger partial charge >= 0.3 is 0 Å². The van der Waals surface area contributed by atoms with E-state index in [9.17, 15) is 5.11 Å². The van der Waals surface area contributed by atoms with Crippen molar-refractivity contribution in [1.82, 2.24) is 4.90 Å². The van der Waals surface area contributed by atoms with E-state index in [1.54, 1.807) is 0 Å². The minimum Gasteiger partial charge on any atom is -0.376 e. The van der Waals surface area contributed by atoms with Crippen molar-refractivity contribution in [2.24, 2.45) is 0 Å². The summed E-state index contributed by atoms with van der Waals surface area (Å²) >= 11 is 0. The first-order valence-electron chi connectivity index (χ1n) is 4.89. The molecule has 0 unspecified atom stereocenters.